The second-order valence-electron chi connectivity index (χ2n) is 6.61. The van der Waals surface area contributed by atoms with Crippen molar-refractivity contribution in [3.63, 3.8) is 0 Å². The largest absolute Gasteiger partial charge is 0.488 e. The predicted octanol–water partition coefficient (Wildman–Crippen LogP) is 2.27. The van der Waals surface area contributed by atoms with Crippen LogP contribution in [0.15, 0.2) is 12.4 Å². The lowest BCUT2D eigenvalue weighted by Crippen LogP contribution is -2.45. The quantitative estimate of drug-likeness (QED) is 0.923. The van der Waals surface area contributed by atoms with Crippen LogP contribution in [0.3, 0.4) is 0 Å². The second-order valence-corrected chi connectivity index (χ2v) is 6.61. The average molecular weight is 293 g/mol. The molecule has 118 valence electrons. The highest BCUT2D eigenvalue weighted by molar-refractivity contribution is 5.14. The van der Waals surface area contributed by atoms with Gasteiger partial charge >= 0.3 is 0 Å². The fourth-order valence-electron chi connectivity index (χ4n) is 3.00. The summed E-state index contributed by atoms with van der Waals surface area (Å²) >= 11 is 0. The molecule has 5 heteroatoms. The van der Waals surface area contributed by atoms with E-state index in [1.165, 1.54) is 0 Å². The Labute approximate surface area is 127 Å². The SMILES string of the molecule is CC(C)Oc1cnc(C2CC(C(C)C)C(O)CN2C)nc1. The summed E-state index contributed by atoms with van der Waals surface area (Å²) in [5.41, 5.74) is 0. The van der Waals surface area contributed by atoms with Crippen molar-refractivity contribution in [3.05, 3.63) is 18.2 Å². The Morgan fingerprint density at radius 1 is 1.24 bits per heavy atom. The van der Waals surface area contributed by atoms with E-state index in [2.05, 4.69) is 28.7 Å². The van der Waals surface area contributed by atoms with E-state index < -0.39 is 0 Å². The Hall–Kier alpha value is -1.20. The normalized spacial score (nSPS) is 27.3. The van der Waals surface area contributed by atoms with Gasteiger partial charge in [0.2, 0.25) is 0 Å². The molecule has 5 nitrogen and oxygen atoms in total. The minimum Gasteiger partial charge on any atom is -0.488 e. The first-order chi connectivity index (χ1) is 9.88. The number of hydrogen-bond acceptors (Lipinski definition) is 5. The molecule has 21 heavy (non-hydrogen) atoms. The number of likely N-dealkylation sites (N-methyl/N-ethyl adjacent to an activating group) is 1. The van der Waals surface area contributed by atoms with Crippen molar-refractivity contribution in [1.82, 2.24) is 14.9 Å². The van der Waals surface area contributed by atoms with Gasteiger partial charge in [0.25, 0.3) is 0 Å². The molecule has 1 aliphatic rings. The first-order valence-corrected chi connectivity index (χ1v) is 7.75. The van der Waals surface area contributed by atoms with Crippen LogP contribution in [-0.2, 0) is 0 Å². The van der Waals surface area contributed by atoms with Crippen molar-refractivity contribution in [3.8, 4) is 5.75 Å². The molecule has 1 N–H and O–H groups in total. The highest BCUT2D eigenvalue weighted by atomic mass is 16.5. The number of aliphatic hydroxyl groups excluding tert-OH is 1. The summed E-state index contributed by atoms with van der Waals surface area (Å²) in [5.74, 6) is 2.26. The Morgan fingerprint density at radius 3 is 2.38 bits per heavy atom. The van der Waals surface area contributed by atoms with Crippen molar-refractivity contribution in [2.24, 2.45) is 11.8 Å². The Morgan fingerprint density at radius 2 is 1.86 bits per heavy atom. The maximum Gasteiger partial charge on any atom is 0.156 e. The van der Waals surface area contributed by atoms with Gasteiger partial charge in [-0.25, -0.2) is 9.97 Å². The van der Waals surface area contributed by atoms with E-state index in [-0.39, 0.29) is 18.2 Å². The molecule has 1 saturated heterocycles. The topological polar surface area (TPSA) is 58.5 Å². The van der Waals surface area contributed by atoms with Crippen molar-refractivity contribution in [1.29, 1.82) is 0 Å². The Kier molecular flexibility index (Phi) is 5.17. The third kappa shape index (κ3) is 3.92. The van der Waals surface area contributed by atoms with E-state index >= 15 is 0 Å². The summed E-state index contributed by atoms with van der Waals surface area (Å²) in [5, 5.41) is 10.2. The van der Waals surface area contributed by atoms with Crippen molar-refractivity contribution >= 4 is 0 Å². The summed E-state index contributed by atoms with van der Waals surface area (Å²) in [4.78, 5) is 11.1. The standard InChI is InChI=1S/C16H27N3O2/c1-10(2)13-6-14(19(5)9-15(13)20)16-17-7-12(8-18-16)21-11(3)4/h7-8,10-11,13-15,20H,6,9H2,1-5H3. The first-order valence-electron chi connectivity index (χ1n) is 7.75. The van der Waals surface area contributed by atoms with Crippen LogP contribution in [0, 0.1) is 11.8 Å². The van der Waals surface area contributed by atoms with Gasteiger partial charge in [-0.15, -0.1) is 0 Å². The van der Waals surface area contributed by atoms with E-state index in [9.17, 15) is 5.11 Å². The van der Waals surface area contributed by atoms with Crippen LogP contribution < -0.4 is 4.74 Å². The average Bonchev–Trinajstić information content (AvgIpc) is 2.39. The molecular formula is C16H27N3O2. The summed E-state index contributed by atoms with van der Waals surface area (Å²) in [6.07, 6.45) is 4.23. The van der Waals surface area contributed by atoms with Crippen molar-refractivity contribution in [2.45, 2.75) is 52.4 Å². The molecule has 0 radical (unpaired) electrons. The predicted molar refractivity (Wildman–Crippen MR) is 82.1 cm³/mol. The molecule has 1 aromatic heterocycles. The number of aliphatic hydroxyl groups is 1. The summed E-state index contributed by atoms with van der Waals surface area (Å²) in [6, 6.07) is 0.161. The van der Waals surface area contributed by atoms with Gasteiger partial charge in [-0.2, -0.15) is 0 Å². The fraction of sp³-hybridized carbons (Fsp3) is 0.750. The van der Waals surface area contributed by atoms with Gasteiger partial charge in [0.15, 0.2) is 5.75 Å². The highest BCUT2D eigenvalue weighted by Gasteiger charge is 2.36. The molecular weight excluding hydrogens is 266 g/mol. The minimum atomic E-state index is -0.269. The van der Waals surface area contributed by atoms with E-state index in [0.29, 0.717) is 24.1 Å². The zero-order valence-electron chi connectivity index (χ0n) is 13.7. The van der Waals surface area contributed by atoms with Crippen LogP contribution in [0.5, 0.6) is 5.75 Å². The summed E-state index contributed by atoms with van der Waals surface area (Å²) in [6.45, 7) is 8.96. The van der Waals surface area contributed by atoms with E-state index in [1.54, 1.807) is 12.4 Å². The molecule has 0 bridgehead atoms. The highest BCUT2D eigenvalue weighted by Crippen LogP contribution is 2.35. The minimum absolute atomic E-state index is 0.122. The Balaban J connectivity index is 2.12. The van der Waals surface area contributed by atoms with E-state index in [0.717, 1.165) is 12.2 Å². The van der Waals surface area contributed by atoms with Crippen LogP contribution >= 0.6 is 0 Å². The molecule has 0 aliphatic carbocycles. The number of nitrogens with zero attached hydrogens (tertiary/aromatic N) is 3. The lowest BCUT2D eigenvalue weighted by Gasteiger charge is -2.41. The van der Waals surface area contributed by atoms with Crippen LogP contribution in [0.4, 0.5) is 0 Å². The van der Waals surface area contributed by atoms with Crippen LogP contribution in [-0.4, -0.2) is 45.8 Å². The van der Waals surface area contributed by atoms with Gasteiger partial charge in [-0.3, -0.25) is 4.90 Å². The molecule has 0 spiro atoms. The van der Waals surface area contributed by atoms with Gasteiger partial charge in [0, 0.05) is 6.54 Å². The van der Waals surface area contributed by atoms with Gasteiger partial charge in [-0.1, -0.05) is 13.8 Å². The number of hydrogen-bond donors (Lipinski definition) is 1. The number of rotatable bonds is 4. The lowest BCUT2D eigenvalue weighted by molar-refractivity contribution is -0.0182. The third-order valence-electron chi connectivity index (χ3n) is 4.17. The Bertz CT molecular complexity index is 447. The molecule has 2 heterocycles. The zero-order valence-corrected chi connectivity index (χ0v) is 13.7. The van der Waals surface area contributed by atoms with Crippen molar-refractivity contribution in [2.75, 3.05) is 13.6 Å². The fourth-order valence-corrected chi connectivity index (χ4v) is 3.00. The number of aromatic nitrogens is 2. The number of likely N-dealkylation sites (tertiary alicyclic amines) is 1. The molecule has 0 aromatic carbocycles. The van der Waals surface area contributed by atoms with Gasteiger partial charge in [-0.05, 0) is 39.2 Å². The van der Waals surface area contributed by atoms with Crippen LogP contribution in [0.25, 0.3) is 0 Å². The van der Waals surface area contributed by atoms with Gasteiger partial charge < -0.3 is 9.84 Å². The maximum atomic E-state index is 10.2. The molecule has 1 aromatic rings. The van der Waals surface area contributed by atoms with Crippen LogP contribution in [0.1, 0.15) is 46.0 Å². The second kappa shape index (κ2) is 6.71. The summed E-state index contributed by atoms with van der Waals surface area (Å²) < 4.78 is 5.58. The lowest BCUT2D eigenvalue weighted by atomic mass is 9.81. The molecule has 3 atom stereocenters. The van der Waals surface area contributed by atoms with Gasteiger partial charge in [0.05, 0.1) is 30.6 Å². The smallest absolute Gasteiger partial charge is 0.156 e. The molecule has 1 aliphatic heterocycles. The van der Waals surface area contributed by atoms with Gasteiger partial charge in [0.1, 0.15) is 5.82 Å². The number of β-amino-alcohol motifs (C(OH)–C–C–N with tert-alkyl or cyclic N) is 1. The molecule has 0 saturated carbocycles. The van der Waals surface area contributed by atoms with Crippen LogP contribution in [0.2, 0.25) is 0 Å². The monoisotopic (exact) mass is 293 g/mol. The molecule has 0 amide bonds. The maximum absolute atomic E-state index is 10.2. The first kappa shape index (κ1) is 16.2. The molecule has 1 fully saturated rings. The molecule has 2 rings (SSSR count). The van der Waals surface area contributed by atoms with Crippen molar-refractivity contribution < 1.29 is 9.84 Å². The number of ether oxygens (including phenoxy) is 1. The third-order valence-corrected chi connectivity index (χ3v) is 4.17. The molecule has 3 unspecified atom stereocenters. The zero-order chi connectivity index (χ0) is 15.6. The van der Waals surface area contributed by atoms with E-state index in [4.69, 9.17) is 4.74 Å². The summed E-state index contributed by atoms with van der Waals surface area (Å²) in [7, 11) is 2.02. The van der Waals surface area contributed by atoms with E-state index in [1.807, 2.05) is 20.9 Å². The number of piperidine rings is 1.